The predicted octanol–water partition coefficient (Wildman–Crippen LogP) is 19.1. The lowest BCUT2D eigenvalue weighted by atomic mass is 9.99. The molecule has 9 heteroatoms. The third-order valence-corrected chi connectivity index (χ3v) is 19.7. The highest BCUT2D eigenvalue weighted by Crippen LogP contribution is 2.53. The molecular weight excluding hydrogens is 847 g/mol. The third-order valence-electron chi connectivity index (χ3n) is 14.8. The number of aromatic nitrogens is 5. The fourth-order valence-corrected chi connectivity index (χ4v) is 16.3. The van der Waals surface area contributed by atoms with Gasteiger partial charge in [0.25, 0.3) is 0 Å². The van der Waals surface area contributed by atoms with Crippen molar-refractivity contribution in [3.05, 3.63) is 21.9 Å². The van der Waals surface area contributed by atoms with Crippen LogP contribution in [0.2, 0.25) is 0 Å². The van der Waals surface area contributed by atoms with E-state index in [9.17, 15) is 0 Å². The number of nitrogens with zero attached hydrogens (tertiary/aromatic N) is 5. The van der Waals surface area contributed by atoms with Gasteiger partial charge in [0.05, 0.1) is 56.8 Å². The minimum absolute atomic E-state index is 0.587. The van der Waals surface area contributed by atoms with Gasteiger partial charge in [0.1, 0.15) is 11.0 Å². The molecule has 0 amide bonds. The molecule has 3 atom stereocenters. The van der Waals surface area contributed by atoms with Crippen LogP contribution in [0, 0.1) is 17.8 Å². The molecule has 7 heterocycles. The van der Waals surface area contributed by atoms with Gasteiger partial charge in [0, 0.05) is 23.9 Å². The number of unbranched alkanes of at least 4 members (excludes halogenated alkanes) is 9. The molecule has 63 heavy (non-hydrogen) atoms. The van der Waals surface area contributed by atoms with Crippen LogP contribution in [0.15, 0.2) is 10.8 Å². The Morgan fingerprint density at radius 2 is 0.825 bits per heavy atom. The van der Waals surface area contributed by atoms with Gasteiger partial charge in [0.15, 0.2) is 0 Å². The van der Waals surface area contributed by atoms with Crippen LogP contribution < -0.4 is 0 Å². The van der Waals surface area contributed by atoms with Gasteiger partial charge in [-0.25, -0.2) is 0 Å². The van der Waals surface area contributed by atoms with Crippen molar-refractivity contribution in [2.24, 2.45) is 17.8 Å². The van der Waals surface area contributed by atoms with E-state index >= 15 is 0 Å². The Hall–Kier alpha value is -2.46. The van der Waals surface area contributed by atoms with Crippen molar-refractivity contribution < 1.29 is 0 Å². The SMILES string of the molecule is CCCCCCc1csc2c1sc1c3c4nn(CC(CC)CCCC)nc4c4c5sc6c(CCCCCC)csc6c5n(CC(CC)CCCC)c4c3n(CC(CC)CCCC)c21. The number of aryl methyl sites for hydroxylation is 2. The molecule has 0 spiro atoms. The second-order valence-electron chi connectivity index (χ2n) is 19.4. The van der Waals surface area contributed by atoms with Gasteiger partial charge in [-0.1, -0.05) is 152 Å². The number of hydrogen-bond acceptors (Lipinski definition) is 6. The number of benzene rings is 1. The monoisotopic (exact) mass is 926 g/mol. The van der Waals surface area contributed by atoms with E-state index in [1.165, 1.54) is 193 Å². The molecule has 0 saturated heterocycles. The fourth-order valence-electron chi connectivity index (χ4n) is 10.8. The van der Waals surface area contributed by atoms with Crippen molar-refractivity contribution in [2.75, 3.05) is 0 Å². The number of hydrogen-bond donors (Lipinski definition) is 0. The normalized spacial score (nSPS) is 14.2. The summed E-state index contributed by atoms with van der Waals surface area (Å²) in [5.74, 6) is 1.85. The van der Waals surface area contributed by atoms with Crippen LogP contribution >= 0.6 is 45.3 Å². The van der Waals surface area contributed by atoms with Gasteiger partial charge >= 0.3 is 0 Å². The largest absolute Gasteiger partial charge is 0.337 e. The topological polar surface area (TPSA) is 40.6 Å². The van der Waals surface area contributed by atoms with E-state index in [0.29, 0.717) is 17.8 Å². The van der Waals surface area contributed by atoms with Gasteiger partial charge in [-0.05, 0) is 84.6 Å². The smallest absolute Gasteiger partial charge is 0.124 e. The molecule has 344 valence electrons. The Balaban J connectivity index is 1.48. The molecule has 0 aliphatic carbocycles. The summed E-state index contributed by atoms with van der Waals surface area (Å²) in [5, 5.41) is 19.2. The summed E-state index contributed by atoms with van der Waals surface area (Å²) in [5.41, 5.74) is 11.3. The van der Waals surface area contributed by atoms with E-state index in [1.807, 2.05) is 22.7 Å². The lowest BCUT2D eigenvalue weighted by Crippen LogP contribution is -2.13. The Bertz CT molecular complexity index is 2530. The molecule has 0 N–H and O–H groups in total. The zero-order valence-electron chi connectivity index (χ0n) is 40.4. The molecular formula is C54H79N5S4. The second-order valence-corrected chi connectivity index (χ2v) is 23.2. The van der Waals surface area contributed by atoms with Crippen LogP contribution in [0.4, 0.5) is 0 Å². The average Bonchev–Trinajstić information content (AvgIpc) is 4.16. The highest BCUT2D eigenvalue weighted by Gasteiger charge is 2.32. The molecule has 0 fully saturated rings. The van der Waals surface area contributed by atoms with Crippen molar-refractivity contribution in [1.29, 1.82) is 0 Å². The highest BCUT2D eigenvalue weighted by atomic mass is 32.1. The molecule has 3 unspecified atom stereocenters. The van der Waals surface area contributed by atoms with E-state index in [1.54, 1.807) is 20.5 Å². The van der Waals surface area contributed by atoms with E-state index < -0.39 is 0 Å². The third kappa shape index (κ3) is 9.31. The Labute approximate surface area is 395 Å². The molecule has 1 aromatic carbocycles. The van der Waals surface area contributed by atoms with E-state index in [4.69, 9.17) is 10.2 Å². The summed E-state index contributed by atoms with van der Waals surface area (Å²) >= 11 is 8.23. The second kappa shape index (κ2) is 21.9. The molecule has 0 bridgehead atoms. The first-order valence-corrected chi connectivity index (χ1v) is 29.4. The maximum absolute atomic E-state index is 5.70. The summed E-state index contributed by atoms with van der Waals surface area (Å²) in [7, 11) is 0. The zero-order chi connectivity index (χ0) is 44.0. The molecule has 8 aromatic rings. The van der Waals surface area contributed by atoms with Gasteiger partial charge in [-0.15, -0.1) is 45.3 Å². The summed E-state index contributed by atoms with van der Waals surface area (Å²) in [6, 6.07) is 0. The Morgan fingerprint density at radius 3 is 1.21 bits per heavy atom. The van der Waals surface area contributed by atoms with Gasteiger partial charge in [-0.3, -0.25) is 0 Å². The van der Waals surface area contributed by atoms with Crippen LogP contribution in [0.25, 0.3) is 72.1 Å². The summed E-state index contributed by atoms with van der Waals surface area (Å²) in [6.45, 7) is 22.0. The maximum Gasteiger partial charge on any atom is 0.124 e. The maximum atomic E-state index is 5.70. The first-order valence-electron chi connectivity index (χ1n) is 26.0. The molecule has 5 nitrogen and oxygen atoms in total. The Morgan fingerprint density at radius 1 is 0.429 bits per heavy atom. The summed E-state index contributed by atoms with van der Waals surface area (Å²) < 4.78 is 14.8. The van der Waals surface area contributed by atoms with Crippen molar-refractivity contribution in [1.82, 2.24) is 24.1 Å². The van der Waals surface area contributed by atoms with Crippen molar-refractivity contribution in [3.63, 3.8) is 0 Å². The van der Waals surface area contributed by atoms with Crippen molar-refractivity contribution >= 4 is 117 Å². The van der Waals surface area contributed by atoms with E-state index in [-0.39, 0.29) is 0 Å². The summed E-state index contributed by atoms with van der Waals surface area (Å²) in [4.78, 5) is 2.16. The zero-order valence-corrected chi connectivity index (χ0v) is 43.7. The number of fused-ring (bicyclic) bond motifs is 14. The lowest BCUT2D eigenvalue weighted by Gasteiger charge is -2.20. The number of rotatable bonds is 28. The van der Waals surface area contributed by atoms with Crippen LogP contribution in [0.3, 0.4) is 0 Å². The van der Waals surface area contributed by atoms with Gasteiger partial charge in [-0.2, -0.15) is 15.0 Å². The molecule has 0 aliphatic rings. The van der Waals surface area contributed by atoms with Crippen LogP contribution in [-0.2, 0) is 32.5 Å². The van der Waals surface area contributed by atoms with E-state index in [2.05, 4.69) is 103 Å². The van der Waals surface area contributed by atoms with Crippen molar-refractivity contribution in [3.8, 4) is 0 Å². The number of thiophene rings is 4. The molecule has 0 saturated carbocycles. The minimum atomic E-state index is 0.587. The van der Waals surface area contributed by atoms with Crippen LogP contribution in [0.1, 0.15) is 195 Å². The fraction of sp³-hybridized carbons (Fsp3) is 0.667. The predicted molar refractivity (Wildman–Crippen MR) is 286 cm³/mol. The molecule has 0 radical (unpaired) electrons. The van der Waals surface area contributed by atoms with Gasteiger partial charge in [0.2, 0.25) is 0 Å². The molecule has 0 aliphatic heterocycles. The lowest BCUT2D eigenvalue weighted by molar-refractivity contribution is 0.351. The molecule has 8 rings (SSSR count). The van der Waals surface area contributed by atoms with Crippen LogP contribution in [-0.4, -0.2) is 24.1 Å². The van der Waals surface area contributed by atoms with Crippen LogP contribution in [0.5, 0.6) is 0 Å². The quantitative estimate of drug-likeness (QED) is 0.0459. The molecule has 7 aromatic heterocycles. The van der Waals surface area contributed by atoms with Gasteiger partial charge < -0.3 is 9.13 Å². The average molecular weight is 927 g/mol. The first-order chi connectivity index (χ1) is 30.9. The Kier molecular flexibility index (Phi) is 16.3. The van der Waals surface area contributed by atoms with Crippen molar-refractivity contribution in [2.45, 2.75) is 216 Å². The first kappa shape index (κ1) is 47.0. The summed E-state index contributed by atoms with van der Waals surface area (Å²) in [6.07, 6.45) is 27.8. The standard InChI is InChI=1S/C54H79N5S4/c1-9-17-22-24-29-39-34-60-53-47-51(62-49(39)53)41-43-44(56-59(55-43)33-38(16-8)28-21-13-5)42-46(45(41)57(47)31-36(14-6)26-19-11-3)58(32-37(15-7)27-20-12-4)48-52(42)63-50-40(35-61-54(48)50)30-25-23-18-10-2/h34-38H,9-33H2,1-8H3. The highest BCUT2D eigenvalue weighted by molar-refractivity contribution is 7.33. The minimum Gasteiger partial charge on any atom is -0.337 e. The van der Waals surface area contributed by atoms with E-state index in [0.717, 1.165) is 30.7 Å².